The van der Waals surface area contributed by atoms with Crippen LogP contribution >= 0.6 is 0 Å². The lowest BCUT2D eigenvalue weighted by molar-refractivity contribution is 0.536. The van der Waals surface area contributed by atoms with Gasteiger partial charge in [-0.25, -0.2) is 13.1 Å². The summed E-state index contributed by atoms with van der Waals surface area (Å²) < 4.78 is 25.2. The largest absolute Gasteiger partial charge is 0.316 e. The highest BCUT2D eigenvalue weighted by atomic mass is 32.2. The third-order valence-corrected chi connectivity index (χ3v) is 3.99. The van der Waals surface area contributed by atoms with E-state index in [0.717, 1.165) is 19.5 Å². The Morgan fingerprint density at radius 1 is 1.71 bits per heavy atom. The van der Waals surface area contributed by atoms with E-state index in [9.17, 15) is 8.42 Å². The van der Waals surface area contributed by atoms with E-state index in [2.05, 4.69) is 10.0 Å². The Morgan fingerprint density at radius 3 is 2.93 bits per heavy atom. The predicted molar refractivity (Wildman–Crippen MR) is 53.0 cm³/mol. The average Bonchev–Trinajstić information content (AvgIpc) is 2.66. The van der Waals surface area contributed by atoms with Gasteiger partial charge in [-0.05, 0) is 32.4 Å². The lowest BCUT2D eigenvalue weighted by Gasteiger charge is -2.11. The molecule has 0 aromatic rings. The van der Waals surface area contributed by atoms with Gasteiger partial charge in [0.1, 0.15) is 0 Å². The molecule has 0 amide bonds. The summed E-state index contributed by atoms with van der Waals surface area (Å²) in [7, 11) is -3.44. The van der Waals surface area contributed by atoms with Crippen molar-refractivity contribution in [2.45, 2.75) is 18.6 Å². The molecule has 0 spiro atoms. The van der Waals surface area contributed by atoms with Crippen LogP contribution in [0.1, 0.15) is 13.3 Å². The summed E-state index contributed by atoms with van der Waals surface area (Å²) in [4.78, 5) is 0. The fourth-order valence-corrected chi connectivity index (χ4v) is 2.17. The lowest BCUT2D eigenvalue weighted by Crippen LogP contribution is -2.35. The maximum atomic E-state index is 11.4. The summed E-state index contributed by atoms with van der Waals surface area (Å²) in [6.07, 6.45) is 0.990. The molecule has 1 aliphatic rings. The monoisotopic (exact) mass is 217 g/mol. The van der Waals surface area contributed by atoms with Crippen LogP contribution in [0.25, 0.3) is 0 Å². The maximum Gasteiger partial charge on any atom is 0.227 e. The van der Waals surface area contributed by atoms with Crippen LogP contribution < -0.4 is 10.0 Å². The fourth-order valence-electron chi connectivity index (χ4n) is 1.32. The second-order valence-electron chi connectivity index (χ2n) is 3.52. The topological polar surface area (TPSA) is 82.0 Å². The molecule has 0 aliphatic carbocycles. The molecule has 2 unspecified atom stereocenters. The van der Waals surface area contributed by atoms with E-state index in [0.29, 0.717) is 12.5 Å². The van der Waals surface area contributed by atoms with Crippen molar-refractivity contribution in [3.63, 3.8) is 0 Å². The van der Waals surface area contributed by atoms with Crippen LogP contribution in [-0.2, 0) is 10.0 Å². The van der Waals surface area contributed by atoms with Gasteiger partial charge in [-0.2, -0.15) is 5.26 Å². The minimum atomic E-state index is -3.44. The molecular weight excluding hydrogens is 202 g/mol. The second kappa shape index (κ2) is 4.73. The van der Waals surface area contributed by atoms with Gasteiger partial charge in [-0.1, -0.05) is 0 Å². The Hall–Kier alpha value is -0.640. The third kappa shape index (κ3) is 2.94. The van der Waals surface area contributed by atoms with E-state index in [1.54, 1.807) is 6.07 Å². The van der Waals surface area contributed by atoms with Gasteiger partial charge in [0.05, 0.1) is 6.07 Å². The molecule has 2 atom stereocenters. The minimum absolute atomic E-state index is 0.357. The molecule has 80 valence electrons. The van der Waals surface area contributed by atoms with Gasteiger partial charge in [0.15, 0.2) is 5.25 Å². The van der Waals surface area contributed by atoms with Gasteiger partial charge in [0.2, 0.25) is 10.0 Å². The van der Waals surface area contributed by atoms with Gasteiger partial charge in [-0.3, -0.25) is 0 Å². The minimum Gasteiger partial charge on any atom is -0.316 e. The molecule has 1 rings (SSSR count). The van der Waals surface area contributed by atoms with Crippen molar-refractivity contribution in [1.29, 1.82) is 5.26 Å². The zero-order chi connectivity index (χ0) is 10.6. The van der Waals surface area contributed by atoms with Crippen molar-refractivity contribution in [2.75, 3.05) is 19.6 Å². The molecule has 0 aromatic heterocycles. The zero-order valence-electron chi connectivity index (χ0n) is 8.16. The zero-order valence-corrected chi connectivity index (χ0v) is 8.97. The van der Waals surface area contributed by atoms with Crippen LogP contribution in [0.2, 0.25) is 0 Å². The normalized spacial score (nSPS) is 24.4. The molecule has 5 nitrogen and oxygen atoms in total. The van der Waals surface area contributed by atoms with Crippen LogP contribution in [0.4, 0.5) is 0 Å². The Labute approximate surface area is 84.5 Å². The van der Waals surface area contributed by atoms with Crippen LogP contribution in [0.3, 0.4) is 0 Å². The van der Waals surface area contributed by atoms with Crippen molar-refractivity contribution in [1.82, 2.24) is 10.0 Å². The van der Waals surface area contributed by atoms with E-state index < -0.39 is 15.3 Å². The van der Waals surface area contributed by atoms with E-state index in [4.69, 9.17) is 5.26 Å². The first-order valence-electron chi connectivity index (χ1n) is 4.65. The molecule has 2 N–H and O–H groups in total. The second-order valence-corrected chi connectivity index (χ2v) is 5.61. The highest BCUT2D eigenvalue weighted by molar-refractivity contribution is 7.90. The van der Waals surface area contributed by atoms with Crippen LogP contribution in [0, 0.1) is 17.2 Å². The lowest BCUT2D eigenvalue weighted by atomic mass is 10.1. The summed E-state index contributed by atoms with van der Waals surface area (Å²) in [5.41, 5.74) is 0. The first-order chi connectivity index (χ1) is 6.56. The average molecular weight is 217 g/mol. The summed E-state index contributed by atoms with van der Waals surface area (Å²) in [6.45, 7) is 3.61. The smallest absolute Gasteiger partial charge is 0.227 e. The molecule has 0 bridgehead atoms. The Morgan fingerprint density at radius 2 is 2.43 bits per heavy atom. The van der Waals surface area contributed by atoms with Crippen LogP contribution in [0.5, 0.6) is 0 Å². The summed E-state index contributed by atoms with van der Waals surface area (Å²) in [6, 6.07) is 1.71. The van der Waals surface area contributed by atoms with E-state index in [1.165, 1.54) is 6.92 Å². The molecule has 1 fully saturated rings. The van der Waals surface area contributed by atoms with Gasteiger partial charge in [0, 0.05) is 6.54 Å². The number of hydrogen-bond acceptors (Lipinski definition) is 4. The van der Waals surface area contributed by atoms with E-state index >= 15 is 0 Å². The summed E-state index contributed by atoms with van der Waals surface area (Å²) in [5, 5.41) is 10.7. The fraction of sp³-hybridized carbons (Fsp3) is 0.875. The van der Waals surface area contributed by atoms with E-state index in [-0.39, 0.29) is 0 Å². The Balaban J connectivity index is 2.40. The number of nitrogens with zero attached hydrogens (tertiary/aromatic N) is 1. The first kappa shape index (κ1) is 11.4. The number of nitrogens with one attached hydrogen (secondary N) is 2. The summed E-state index contributed by atoms with van der Waals surface area (Å²) >= 11 is 0. The molecule has 0 aromatic carbocycles. The van der Waals surface area contributed by atoms with Crippen molar-refractivity contribution >= 4 is 10.0 Å². The molecule has 1 heterocycles. The van der Waals surface area contributed by atoms with Gasteiger partial charge < -0.3 is 5.32 Å². The van der Waals surface area contributed by atoms with Gasteiger partial charge in [-0.15, -0.1) is 0 Å². The van der Waals surface area contributed by atoms with Gasteiger partial charge in [0.25, 0.3) is 0 Å². The summed E-state index contributed by atoms with van der Waals surface area (Å²) in [5.74, 6) is 0.357. The van der Waals surface area contributed by atoms with Crippen LogP contribution in [-0.4, -0.2) is 33.3 Å². The SMILES string of the molecule is CC(C#N)S(=O)(=O)NCC1CCNC1. The molecule has 1 aliphatic heterocycles. The first-order valence-corrected chi connectivity index (χ1v) is 6.19. The van der Waals surface area contributed by atoms with Crippen molar-refractivity contribution in [3.8, 4) is 6.07 Å². The van der Waals surface area contributed by atoms with E-state index in [1.807, 2.05) is 0 Å². The molecule has 6 heteroatoms. The maximum absolute atomic E-state index is 11.4. The number of sulfonamides is 1. The molecule has 1 saturated heterocycles. The highest BCUT2D eigenvalue weighted by Gasteiger charge is 2.22. The highest BCUT2D eigenvalue weighted by Crippen LogP contribution is 2.06. The van der Waals surface area contributed by atoms with Crippen molar-refractivity contribution in [3.05, 3.63) is 0 Å². The molecular formula is C8H15N3O2S. The number of hydrogen-bond donors (Lipinski definition) is 2. The quantitative estimate of drug-likeness (QED) is 0.660. The standard InChI is InChI=1S/C8H15N3O2S/c1-7(4-9)14(12,13)11-6-8-2-3-10-5-8/h7-8,10-11H,2-3,5-6H2,1H3. The van der Waals surface area contributed by atoms with Gasteiger partial charge >= 0.3 is 0 Å². The van der Waals surface area contributed by atoms with Crippen molar-refractivity contribution in [2.24, 2.45) is 5.92 Å². The number of rotatable bonds is 4. The Bertz CT molecular complexity index is 314. The molecule has 14 heavy (non-hydrogen) atoms. The molecule has 0 saturated carbocycles. The third-order valence-electron chi connectivity index (χ3n) is 2.38. The Kier molecular flexibility index (Phi) is 3.86. The van der Waals surface area contributed by atoms with Crippen molar-refractivity contribution < 1.29 is 8.42 Å². The van der Waals surface area contributed by atoms with Crippen LogP contribution in [0.15, 0.2) is 0 Å². The predicted octanol–water partition coefficient (Wildman–Crippen LogP) is -0.573. The molecule has 0 radical (unpaired) electrons. The number of nitriles is 1.